The maximum absolute atomic E-state index is 13.4. The van der Waals surface area contributed by atoms with Crippen LogP contribution in [0.15, 0.2) is 18.3 Å². The molecular weight excluding hydrogens is 209 g/mol. The first-order valence-electron chi connectivity index (χ1n) is 4.53. The van der Waals surface area contributed by atoms with E-state index in [1.54, 1.807) is 6.07 Å². The van der Waals surface area contributed by atoms with Crippen molar-refractivity contribution >= 4 is 11.6 Å². The Morgan fingerprint density at radius 1 is 1.50 bits per heavy atom. The fourth-order valence-electron chi connectivity index (χ4n) is 1.19. The summed E-state index contributed by atoms with van der Waals surface area (Å²) in [6, 6.07) is 4.65. The molecule has 6 heteroatoms. The molecule has 0 saturated heterocycles. The van der Waals surface area contributed by atoms with Gasteiger partial charge < -0.3 is 5.32 Å². The van der Waals surface area contributed by atoms with Crippen LogP contribution in [0.3, 0.4) is 0 Å². The van der Waals surface area contributed by atoms with Crippen LogP contribution in [-0.2, 0) is 0 Å². The number of nitriles is 1. The molecule has 2 rings (SSSR count). The topological polar surface area (TPSA) is 77.4 Å². The first-order valence-corrected chi connectivity index (χ1v) is 4.53. The highest BCUT2D eigenvalue weighted by molar-refractivity contribution is 5.53. The lowest BCUT2D eigenvalue weighted by atomic mass is 10.3. The molecule has 0 unspecified atom stereocenters. The van der Waals surface area contributed by atoms with E-state index in [1.165, 1.54) is 6.20 Å². The van der Waals surface area contributed by atoms with Crippen molar-refractivity contribution in [3.63, 3.8) is 0 Å². The Morgan fingerprint density at radius 3 is 2.88 bits per heavy atom. The maximum atomic E-state index is 13.4. The molecule has 2 heterocycles. The number of aromatic nitrogens is 3. The van der Waals surface area contributed by atoms with E-state index in [0.29, 0.717) is 5.82 Å². The molecule has 2 aromatic heterocycles. The number of nitrogens with zero attached hydrogens (tertiary/aromatic N) is 3. The molecule has 0 aliphatic carbocycles. The van der Waals surface area contributed by atoms with Crippen LogP contribution in [0.25, 0.3) is 0 Å². The summed E-state index contributed by atoms with van der Waals surface area (Å²) in [5.41, 5.74) is 1.04. The Labute approximate surface area is 90.9 Å². The molecule has 2 aromatic rings. The molecule has 0 atom stereocenters. The highest BCUT2D eigenvalue weighted by Gasteiger charge is 2.06. The lowest BCUT2D eigenvalue weighted by Gasteiger charge is -2.02. The van der Waals surface area contributed by atoms with Gasteiger partial charge in [-0.2, -0.15) is 10.4 Å². The van der Waals surface area contributed by atoms with Crippen LogP contribution < -0.4 is 5.32 Å². The van der Waals surface area contributed by atoms with E-state index in [0.717, 1.165) is 11.8 Å². The van der Waals surface area contributed by atoms with Crippen molar-refractivity contribution in [2.24, 2.45) is 0 Å². The molecule has 0 bridgehead atoms. The van der Waals surface area contributed by atoms with Crippen LogP contribution in [0.1, 0.15) is 11.3 Å². The van der Waals surface area contributed by atoms with Gasteiger partial charge in [-0.3, -0.25) is 5.10 Å². The van der Waals surface area contributed by atoms with Gasteiger partial charge in [0.1, 0.15) is 6.07 Å². The fourth-order valence-corrected chi connectivity index (χ4v) is 1.19. The highest BCUT2D eigenvalue weighted by Crippen LogP contribution is 2.16. The molecular formula is C10H8FN5. The largest absolute Gasteiger partial charge is 0.321 e. The zero-order chi connectivity index (χ0) is 11.5. The van der Waals surface area contributed by atoms with E-state index in [4.69, 9.17) is 5.26 Å². The van der Waals surface area contributed by atoms with Crippen LogP contribution >= 0.6 is 0 Å². The quantitative estimate of drug-likeness (QED) is 0.804. The standard InChI is InChI=1S/C10H8FN5/c1-6-2-9(16-15-6)14-10-8(11)3-7(4-12)5-13-10/h2-3,5H,1H3,(H2,13,14,15,16). The van der Waals surface area contributed by atoms with E-state index >= 15 is 0 Å². The molecule has 16 heavy (non-hydrogen) atoms. The van der Waals surface area contributed by atoms with E-state index in [-0.39, 0.29) is 11.4 Å². The van der Waals surface area contributed by atoms with E-state index in [1.807, 2.05) is 13.0 Å². The van der Waals surface area contributed by atoms with Gasteiger partial charge in [0.15, 0.2) is 17.5 Å². The molecule has 0 aliphatic rings. The molecule has 0 amide bonds. The smallest absolute Gasteiger partial charge is 0.167 e. The van der Waals surface area contributed by atoms with Crippen LogP contribution in [0.5, 0.6) is 0 Å². The molecule has 0 saturated carbocycles. The van der Waals surface area contributed by atoms with Crippen molar-refractivity contribution in [3.8, 4) is 6.07 Å². The van der Waals surface area contributed by atoms with Gasteiger partial charge in [0.25, 0.3) is 0 Å². The summed E-state index contributed by atoms with van der Waals surface area (Å²) in [6.45, 7) is 1.83. The summed E-state index contributed by atoms with van der Waals surface area (Å²) in [6.07, 6.45) is 1.30. The van der Waals surface area contributed by atoms with Gasteiger partial charge in [0.05, 0.1) is 5.56 Å². The molecule has 5 nitrogen and oxygen atoms in total. The Kier molecular flexibility index (Phi) is 2.52. The van der Waals surface area contributed by atoms with Gasteiger partial charge in [-0.25, -0.2) is 9.37 Å². The number of aryl methyl sites for hydroxylation is 1. The van der Waals surface area contributed by atoms with Gasteiger partial charge in [-0.05, 0) is 13.0 Å². The van der Waals surface area contributed by atoms with Crippen molar-refractivity contribution in [1.82, 2.24) is 15.2 Å². The fraction of sp³-hybridized carbons (Fsp3) is 0.100. The molecule has 0 aliphatic heterocycles. The van der Waals surface area contributed by atoms with E-state index in [2.05, 4.69) is 20.5 Å². The van der Waals surface area contributed by atoms with Gasteiger partial charge in [0.2, 0.25) is 0 Å². The minimum Gasteiger partial charge on any atom is -0.321 e. The zero-order valence-electron chi connectivity index (χ0n) is 8.45. The summed E-state index contributed by atoms with van der Waals surface area (Å²) >= 11 is 0. The van der Waals surface area contributed by atoms with Crippen molar-refractivity contribution in [1.29, 1.82) is 5.26 Å². The Bertz CT molecular complexity index is 555. The zero-order valence-corrected chi connectivity index (χ0v) is 8.45. The SMILES string of the molecule is Cc1cc(Nc2ncc(C#N)cc2F)n[nH]1. The monoisotopic (exact) mass is 217 g/mol. The summed E-state index contributed by atoms with van der Waals surface area (Å²) < 4.78 is 13.4. The number of rotatable bonds is 2. The number of pyridine rings is 1. The number of aromatic amines is 1. The van der Waals surface area contributed by atoms with Gasteiger partial charge in [-0.1, -0.05) is 0 Å². The number of halogens is 1. The van der Waals surface area contributed by atoms with E-state index in [9.17, 15) is 4.39 Å². The van der Waals surface area contributed by atoms with Crippen LogP contribution in [0.4, 0.5) is 16.0 Å². The molecule has 0 fully saturated rings. The van der Waals surface area contributed by atoms with Gasteiger partial charge in [0, 0.05) is 18.0 Å². The second-order valence-electron chi connectivity index (χ2n) is 3.23. The average molecular weight is 217 g/mol. The van der Waals surface area contributed by atoms with Crippen molar-refractivity contribution in [2.45, 2.75) is 6.92 Å². The van der Waals surface area contributed by atoms with Gasteiger partial charge in [-0.15, -0.1) is 0 Å². The van der Waals surface area contributed by atoms with E-state index < -0.39 is 5.82 Å². The predicted octanol–water partition coefficient (Wildman–Crippen LogP) is 1.87. The third-order valence-corrected chi connectivity index (χ3v) is 1.92. The van der Waals surface area contributed by atoms with Crippen molar-refractivity contribution < 1.29 is 4.39 Å². The Balaban J connectivity index is 2.26. The van der Waals surface area contributed by atoms with Crippen molar-refractivity contribution in [2.75, 3.05) is 5.32 Å². The van der Waals surface area contributed by atoms with Crippen LogP contribution in [0.2, 0.25) is 0 Å². The molecule has 80 valence electrons. The minimum atomic E-state index is -0.584. The summed E-state index contributed by atoms with van der Waals surface area (Å²) in [5, 5.41) is 17.9. The third kappa shape index (κ3) is 1.98. The molecule has 0 aromatic carbocycles. The maximum Gasteiger partial charge on any atom is 0.167 e. The summed E-state index contributed by atoms with van der Waals surface area (Å²) in [7, 11) is 0. The second-order valence-corrected chi connectivity index (χ2v) is 3.23. The summed E-state index contributed by atoms with van der Waals surface area (Å²) in [4.78, 5) is 3.79. The van der Waals surface area contributed by atoms with Crippen LogP contribution in [0, 0.1) is 24.1 Å². The van der Waals surface area contributed by atoms with Crippen molar-refractivity contribution in [3.05, 3.63) is 35.4 Å². The number of anilines is 2. The molecule has 0 spiro atoms. The minimum absolute atomic E-state index is 0.0468. The highest BCUT2D eigenvalue weighted by atomic mass is 19.1. The number of hydrogen-bond donors (Lipinski definition) is 2. The predicted molar refractivity (Wildman–Crippen MR) is 55.5 cm³/mol. The number of H-pyrrole nitrogens is 1. The Hall–Kier alpha value is -2.42. The second kappa shape index (κ2) is 3.98. The van der Waals surface area contributed by atoms with Crippen LogP contribution in [-0.4, -0.2) is 15.2 Å². The third-order valence-electron chi connectivity index (χ3n) is 1.92. The number of hydrogen-bond acceptors (Lipinski definition) is 4. The lowest BCUT2D eigenvalue weighted by Crippen LogP contribution is -1.98. The average Bonchev–Trinajstić information content (AvgIpc) is 2.67. The normalized spacial score (nSPS) is 9.81. The van der Waals surface area contributed by atoms with Gasteiger partial charge >= 0.3 is 0 Å². The molecule has 0 radical (unpaired) electrons. The first-order chi connectivity index (χ1) is 7.69. The lowest BCUT2D eigenvalue weighted by molar-refractivity contribution is 0.625. The first kappa shape index (κ1) is 10.1. The number of nitrogens with one attached hydrogen (secondary N) is 2. The summed E-state index contributed by atoms with van der Waals surface area (Å²) in [5.74, 6) is -0.0567. The Morgan fingerprint density at radius 2 is 2.31 bits per heavy atom. The molecule has 2 N–H and O–H groups in total.